The maximum atomic E-state index is 11.2. The first-order chi connectivity index (χ1) is 10.2. The lowest BCUT2D eigenvalue weighted by atomic mass is 10.1. The van der Waals surface area contributed by atoms with Crippen LogP contribution in [0.1, 0.15) is 0 Å². The van der Waals surface area contributed by atoms with Crippen molar-refractivity contribution in [2.24, 2.45) is 0 Å². The van der Waals surface area contributed by atoms with Crippen LogP contribution < -0.4 is 5.32 Å². The number of nitrogens with one attached hydrogen (secondary N) is 1. The molecule has 0 aliphatic rings. The molecule has 3 aromatic rings. The SMILES string of the molecule is CNc1ncc([N+](=O)[O-])c(-c2cccc3cccnc23)n1. The first-order valence-electron chi connectivity index (χ1n) is 6.24. The zero-order chi connectivity index (χ0) is 14.8. The Balaban J connectivity index is 2.34. The summed E-state index contributed by atoms with van der Waals surface area (Å²) in [4.78, 5) is 23.2. The van der Waals surface area contributed by atoms with Gasteiger partial charge in [-0.15, -0.1) is 0 Å². The molecule has 0 radical (unpaired) electrons. The summed E-state index contributed by atoms with van der Waals surface area (Å²) in [5, 5.41) is 14.9. The first-order valence-corrected chi connectivity index (χ1v) is 6.24. The number of hydrogen-bond acceptors (Lipinski definition) is 6. The second-order valence-corrected chi connectivity index (χ2v) is 4.32. The fraction of sp³-hybridized carbons (Fsp3) is 0.0714. The quantitative estimate of drug-likeness (QED) is 0.586. The molecule has 3 rings (SSSR count). The molecule has 0 aliphatic carbocycles. The van der Waals surface area contributed by atoms with Gasteiger partial charge in [-0.2, -0.15) is 0 Å². The molecule has 0 fully saturated rings. The van der Waals surface area contributed by atoms with Crippen molar-refractivity contribution in [1.82, 2.24) is 15.0 Å². The molecule has 7 nitrogen and oxygen atoms in total. The largest absolute Gasteiger partial charge is 0.357 e. The molecule has 7 heteroatoms. The van der Waals surface area contributed by atoms with Gasteiger partial charge in [0.15, 0.2) is 5.69 Å². The Hall–Kier alpha value is -3.09. The highest BCUT2D eigenvalue weighted by molar-refractivity contribution is 5.94. The Bertz CT molecular complexity index is 829. The monoisotopic (exact) mass is 281 g/mol. The normalized spacial score (nSPS) is 10.5. The number of nitro groups is 1. The molecule has 1 N–H and O–H groups in total. The zero-order valence-corrected chi connectivity index (χ0v) is 11.1. The molecule has 104 valence electrons. The predicted molar refractivity (Wildman–Crippen MR) is 79.0 cm³/mol. The fourth-order valence-corrected chi connectivity index (χ4v) is 2.12. The highest BCUT2D eigenvalue weighted by Gasteiger charge is 2.20. The van der Waals surface area contributed by atoms with E-state index in [1.54, 1.807) is 19.3 Å². The van der Waals surface area contributed by atoms with Crippen molar-refractivity contribution in [2.45, 2.75) is 0 Å². The van der Waals surface area contributed by atoms with Gasteiger partial charge in [0.05, 0.1) is 10.4 Å². The standard InChI is InChI=1S/C14H11N5O2/c1-15-14-17-8-11(19(20)21)13(18-14)10-6-2-4-9-5-3-7-16-12(9)10/h2-8H,1H3,(H,15,17,18). The molecule has 1 aromatic carbocycles. The third kappa shape index (κ3) is 2.25. The van der Waals surface area contributed by atoms with E-state index in [4.69, 9.17) is 0 Å². The van der Waals surface area contributed by atoms with Crippen LogP contribution in [0.5, 0.6) is 0 Å². The summed E-state index contributed by atoms with van der Waals surface area (Å²) in [6.07, 6.45) is 2.85. The second-order valence-electron chi connectivity index (χ2n) is 4.32. The molecule has 0 aliphatic heterocycles. The average molecular weight is 281 g/mol. The summed E-state index contributed by atoms with van der Waals surface area (Å²) in [5.74, 6) is 0.323. The smallest absolute Gasteiger partial charge is 0.313 e. The van der Waals surface area contributed by atoms with Crippen molar-refractivity contribution in [3.8, 4) is 11.3 Å². The van der Waals surface area contributed by atoms with Gasteiger partial charge in [-0.05, 0) is 6.07 Å². The van der Waals surface area contributed by atoms with E-state index in [0.29, 0.717) is 17.0 Å². The third-order valence-corrected chi connectivity index (χ3v) is 3.08. The summed E-state index contributed by atoms with van der Waals surface area (Å²) in [7, 11) is 1.66. The summed E-state index contributed by atoms with van der Waals surface area (Å²) in [6.45, 7) is 0. The number of benzene rings is 1. The molecule has 0 amide bonds. The fourth-order valence-electron chi connectivity index (χ4n) is 2.12. The molecule has 0 bridgehead atoms. The molecular formula is C14H11N5O2. The van der Waals surface area contributed by atoms with Crippen molar-refractivity contribution in [1.29, 1.82) is 0 Å². The Morgan fingerprint density at radius 2 is 2.00 bits per heavy atom. The molecule has 2 aromatic heterocycles. The van der Waals surface area contributed by atoms with Crippen LogP contribution in [0.3, 0.4) is 0 Å². The lowest BCUT2D eigenvalue weighted by Crippen LogP contribution is -2.02. The van der Waals surface area contributed by atoms with Gasteiger partial charge >= 0.3 is 5.69 Å². The molecule has 2 heterocycles. The number of hydrogen-bond donors (Lipinski definition) is 1. The van der Waals surface area contributed by atoms with Gasteiger partial charge in [-0.25, -0.2) is 9.97 Å². The van der Waals surface area contributed by atoms with Crippen molar-refractivity contribution in [2.75, 3.05) is 12.4 Å². The van der Waals surface area contributed by atoms with Crippen LogP contribution in [-0.4, -0.2) is 26.9 Å². The Morgan fingerprint density at radius 3 is 2.76 bits per heavy atom. The van der Waals surface area contributed by atoms with E-state index < -0.39 is 4.92 Å². The minimum atomic E-state index is -0.490. The lowest BCUT2D eigenvalue weighted by molar-refractivity contribution is -0.384. The topological polar surface area (TPSA) is 93.8 Å². The van der Waals surface area contributed by atoms with E-state index in [-0.39, 0.29) is 11.4 Å². The van der Waals surface area contributed by atoms with E-state index >= 15 is 0 Å². The van der Waals surface area contributed by atoms with Gasteiger partial charge in [0, 0.05) is 24.2 Å². The minimum Gasteiger partial charge on any atom is -0.357 e. The lowest BCUT2D eigenvalue weighted by Gasteiger charge is -2.07. The van der Waals surface area contributed by atoms with Crippen LogP contribution in [0.25, 0.3) is 22.2 Å². The van der Waals surface area contributed by atoms with Gasteiger partial charge in [0.25, 0.3) is 0 Å². The number of pyridine rings is 1. The Labute approximate surface area is 119 Å². The van der Waals surface area contributed by atoms with E-state index in [9.17, 15) is 10.1 Å². The van der Waals surface area contributed by atoms with Crippen molar-refractivity contribution >= 4 is 22.5 Å². The van der Waals surface area contributed by atoms with Gasteiger partial charge in [0.1, 0.15) is 6.20 Å². The Kier molecular flexibility index (Phi) is 3.15. The summed E-state index contributed by atoms with van der Waals surface area (Å²) in [5.41, 5.74) is 1.39. The van der Waals surface area contributed by atoms with Crippen LogP contribution in [0, 0.1) is 10.1 Å². The molecule has 0 saturated carbocycles. The van der Waals surface area contributed by atoms with E-state index in [0.717, 1.165) is 5.39 Å². The summed E-state index contributed by atoms with van der Waals surface area (Å²) < 4.78 is 0. The van der Waals surface area contributed by atoms with Gasteiger partial charge in [-0.3, -0.25) is 15.1 Å². The summed E-state index contributed by atoms with van der Waals surface area (Å²) >= 11 is 0. The highest BCUT2D eigenvalue weighted by Crippen LogP contribution is 2.32. The number of rotatable bonds is 3. The second kappa shape index (κ2) is 5.12. The van der Waals surface area contributed by atoms with Crippen LogP contribution in [0.4, 0.5) is 11.6 Å². The first kappa shape index (κ1) is 12.9. The average Bonchev–Trinajstić information content (AvgIpc) is 2.53. The van der Waals surface area contributed by atoms with E-state index in [1.807, 2.05) is 24.3 Å². The van der Waals surface area contributed by atoms with Crippen LogP contribution in [0.2, 0.25) is 0 Å². The van der Waals surface area contributed by atoms with Gasteiger partial charge in [0.2, 0.25) is 5.95 Å². The number of nitrogens with zero attached hydrogens (tertiary/aromatic N) is 4. The zero-order valence-electron chi connectivity index (χ0n) is 11.1. The van der Waals surface area contributed by atoms with Crippen LogP contribution in [0.15, 0.2) is 42.7 Å². The van der Waals surface area contributed by atoms with Crippen molar-refractivity contribution in [3.05, 3.63) is 52.8 Å². The van der Waals surface area contributed by atoms with E-state index in [1.165, 1.54) is 6.20 Å². The predicted octanol–water partition coefficient (Wildman–Crippen LogP) is 2.64. The molecule has 0 saturated heterocycles. The maximum absolute atomic E-state index is 11.2. The number of fused-ring (bicyclic) bond motifs is 1. The number of anilines is 1. The van der Waals surface area contributed by atoms with Gasteiger partial charge in [-0.1, -0.05) is 24.3 Å². The van der Waals surface area contributed by atoms with Crippen LogP contribution >= 0.6 is 0 Å². The summed E-state index contributed by atoms with van der Waals surface area (Å²) in [6, 6.07) is 9.21. The van der Waals surface area contributed by atoms with Crippen LogP contribution in [-0.2, 0) is 0 Å². The highest BCUT2D eigenvalue weighted by atomic mass is 16.6. The van der Waals surface area contributed by atoms with E-state index in [2.05, 4.69) is 20.3 Å². The molecular weight excluding hydrogens is 270 g/mol. The molecule has 0 atom stereocenters. The maximum Gasteiger partial charge on any atom is 0.313 e. The number of para-hydroxylation sites is 1. The third-order valence-electron chi connectivity index (χ3n) is 3.08. The Morgan fingerprint density at radius 1 is 1.19 bits per heavy atom. The molecule has 0 unspecified atom stereocenters. The van der Waals surface area contributed by atoms with Gasteiger partial charge < -0.3 is 5.32 Å². The minimum absolute atomic E-state index is 0.146. The van der Waals surface area contributed by atoms with Crippen molar-refractivity contribution in [3.63, 3.8) is 0 Å². The molecule has 21 heavy (non-hydrogen) atoms. The van der Waals surface area contributed by atoms with Crippen molar-refractivity contribution < 1.29 is 4.92 Å². The molecule has 0 spiro atoms. The number of aromatic nitrogens is 3.